The maximum Gasteiger partial charge on any atom is 0.237 e. The van der Waals surface area contributed by atoms with Gasteiger partial charge < -0.3 is 15.1 Å². The molecular formula is C12H19N3O2. The van der Waals surface area contributed by atoms with E-state index in [4.69, 9.17) is 4.42 Å². The van der Waals surface area contributed by atoms with Gasteiger partial charge in [-0.15, -0.1) is 0 Å². The number of carbonyl (C=O) groups excluding carboxylic acids is 1. The van der Waals surface area contributed by atoms with Crippen LogP contribution in [0.4, 0.5) is 0 Å². The number of hydrogen-bond donors (Lipinski definition) is 2. The zero-order chi connectivity index (χ0) is 12.1. The van der Waals surface area contributed by atoms with Crippen LogP contribution in [0.5, 0.6) is 0 Å². The summed E-state index contributed by atoms with van der Waals surface area (Å²) in [6.07, 6.45) is 5.72. The van der Waals surface area contributed by atoms with Gasteiger partial charge in [0, 0.05) is 6.42 Å². The van der Waals surface area contributed by atoms with Crippen molar-refractivity contribution in [2.24, 2.45) is 0 Å². The SMILES string of the molecule is CCc1cnc(CNC(=O)[C@H]2CCCCN2)o1. The fourth-order valence-electron chi connectivity index (χ4n) is 1.95. The molecule has 1 aliphatic rings. The van der Waals surface area contributed by atoms with E-state index in [0.29, 0.717) is 12.4 Å². The molecular weight excluding hydrogens is 218 g/mol. The molecule has 0 radical (unpaired) electrons. The molecule has 0 saturated carbocycles. The summed E-state index contributed by atoms with van der Waals surface area (Å²) in [6.45, 7) is 3.31. The second kappa shape index (κ2) is 5.82. The quantitative estimate of drug-likeness (QED) is 0.819. The second-order valence-electron chi connectivity index (χ2n) is 4.29. The molecule has 2 N–H and O–H groups in total. The summed E-state index contributed by atoms with van der Waals surface area (Å²) in [7, 11) is 0. The molecule has 0 aliphatic carbocycles. The smallest absolute Gasteiger partial charge is 0.237 e. The van der Waals surface area contributed by atoms with Gasteiger partial charge in [0.25, 0.3) is 0 Å². The molecule has 2 heterocycles. The molecule has 17 heavy (non-hydrogen) atoms. The van der Waals surface area contributed by atoms with Gasteiger partial charge in [-0.25, -0.2) is 4.98 Å². The Bertz CT molecular complexity index is 370. The third-order valence-corrected chi connectivity index (χ3v) is 2.99. The van der Waals surface area contributed by atoms with E-state index >= 15 is 0 Å². The first-order valence-electron chi connectivity index (χ1n) is 6.24. The van der Waals surface area contributed by atoms with Gasteiger partial charge in [0.15, 0.2) is 0 Å². The Morgan fingerprint density at radius 3 is 3.18 bits per heavy atom. The number of oxazole rings is 1. The molecule has 0 bridgehead atoms. The Balaban J connectivity index is 1.78. The number of aryl methyl sites for hydroxylation is 1. The molecule has 5 heteroatoms. The van der Waals surface area contributed by atoms with E-state index in [1.54, 1.807) is 6.20 Å². The first kappa shape index (κ1) is 12.1. The Hall–Kier alpha value is -1.36. The van der Waals surface area contributed by atoms with Crippen LogP contribution in [0.3, 0.4) is 0 Å². The van der Waals surface area contributed by atoms with Crippen LogP contribution < -0.4 is 10.6 Å². The third kappa shape index (κ3) is 3.30. The minimum Gasteiger partial charge on any atom is -0.444 e. The van der Waals surface area contributed by atoms with Crippen LogP contribution in [0.2, 0.25) is 0 Å². The van der Waals surface area contributed by atoms with Crippen LogP contribution >= 0.6 is 0 Å². The van der Waals surface area contributed by atoms with Crippen molar-refractivity contribution in [1.82, 2.24) is 15.6 Å². The molecule has 0 spiro atoms. The van der Waals surface area contributed by atoms with Crippen LogP contribution in [0.15, 0.2) is 10.6 Å². The molecule has 2 rings (SSSR count). The number of carbonyl (C=O) groups is 1. The van der Waals surface area contributed by atoms with E-state index in [2.05, 4.69) is 15.6 Å². The minimum absolute atomic E-state index is 0.0425. The maximum absolute atomic E-state index is 11.8. The number of nitrogens with one attached hydrogen (secondary N) is 2. The summed E-state index contributed by atoms with van der Waals surface area (Å²) in [5.41, 5.74) is 0. The Morgan fingerprint density at radius 2 is 2.53 bits per heavy atom. The predicted molar refractivity (Wildman–Crippen MR) is 63.4 cm³/mol. The highest BCUT2D eigenvalue weighted by atomic mass is 16.4. The lowest BCUT2D eigenvalue weighted by molar-refractivity contribution is -0.123. The molecule has 5 nitrogen and oxygen atoms in total. The van der Waals surface area contributed by atoms with E-state index in [1.165, 1.54) is 0 Å². The molecule has 0 unspecified atom stereocenters. The van der Waals surface area contributed by atoms with Crippen molar-refractivity contribution in [3.05, 3.63) is 17.8 Å². The normalized spacial score (nSPS) is 20.2. The summed E-state index contributed by atoms with van der Waals surface area (Å²) >= 11 is 0. The van der Waals surface area contributed by atoms with Gasteiger partial charge in [-0.05, 0) is 19.4 Å². The summed E-state index contributed by atoms with van der Waals surface area (Å²) in [5, 5.41) is 6.06. The monoisotopic (exact) mass is 237 g/mol. The van der Waals surface area contributed by atoms with Crippen molar-refractivity contribution in [2.45, 2.75) is 45.2 Å². The van der Waals surface area contributed by atoms with Gasteiger partial charge in [-0.3, -0.25) is 4.79 Å². The molecule has 94 valence electrons. The van der Waals surface area contributed by atoms with Crippen molar-refractivity contribution < 1.29 is 9.21 Å². The van der Waals surface area contributed by atoms with Crippen molar-refractivity contribution >= 4 is 5.91 Å². The average molecular weight is 237 g/mol. The van der Waals surface area contributed by atoms with Crippen LogP contribution in [-0.4, -0.2) is 23.5 Å². The fourth-order valence-corrected chi connectivity index (χ4v) is 1.95. The zero-order valence-corrected chi connectivity index (χ0v) is 10.2. The van der Waals surface area contributed by atoms with Gasteiger partial charge in [0.2, 0.25) is 11.8 Å². The van der Waals surface area contributed by atoms with Crippen molar-refractivity contribution in [1.29, 1.82) is 0 Å². The van der Waals surface area contributed by atoms with E-state index in [0.717, 1.165) is 38.0 Å². The minimum atomic E-state index is -0.0515. The Morgan fingerprint density at radius 1 is 1.65 bits per heavy atom. The first-order valence-corrected chi connectivity index (χ1v) is 6.24. The van der Waals surface area contributed by atoms with Crippen molar-refractivity contribution in [3.8, 4) is 0 Å². The summed E-state index contributed by atoms with van der Waals surface area (Å²) in [6, 6.07) is -0.0515. The van der Waals surface area contributed by atoms with Crippen molar-refractivity contribution in [3.63, 3.8) is 0 Å². The average Bonchev–Trinajstić information content (AvgIpc) is 2.85. The second-order valence-corrected chi connectivity index (χ2v) is 4.29. The standard InChI is InChI=1S/C12H19N3O2/c1-2-9-7-14-11(17-9)8-15-12(16)10-5-3-4-6-13-10/h7,10,13H,2-6,8H2,1H3,(H,15,16)/t10-/m1/s1. The van der Waals surface area contributed by atoms with Gasteiger partial charge >= 0.3 is 0 Å². The number of rotatable bonds is 4. The number of piperidine rings is 1. The molecule has 1 aromatic rings. The van der Waals surface area contributed by atoms with E-state index in [1.807, 2.05) is 6.92 Å². The third-order valence-electron chi connectivity index (χ3n) is 2.99. The highest BCUT2D eigenvalue weighted by molar-refractivity contribution is 5.81. The van der Waals surface area contributed by atoms with Crippen LogP contribution in [0.1, 0.15) is 37.8 Å². The zero-order valence-electron chi connectivity index (χ0n) is 10.2. The molecule has 0 aromatic carbocycles. The molecule has 1 aromatic heterocycles. The van der Waals surface area contributed by atoms with Gasteiger partial charge in [-0.1, -0.05) is 13.3 Å². The van der Waals surface area contributed by atoms with E-state index in [-0.39, 0.29) is 11.9 Å². The lowest BCUT2D eigenvalue weighted by Gasteiger charge is -2.22. The maximum atomic E-state index is 11.8. The number of amides is 1. The van der Waals surface area contributed by atoms with Crippen molar-refractivity contribution in [2.75, 3.05) is 6.54 Å². The Kier molecular flexibility index (Phi) is 4.14. The summed E-state index contributed by atoms with van der Waals surface area (Å²) < 4.78 is 5.42. The van der Waals surface area contributed by atoms with E-state index < -0.39 is 0 Å². The van der Waals surface area contributed by atoms with Gasteiger partial charge in [0.1, 0.15) is 5.76 Å². The summed E-state index contributed by atoms with van der Waals surface area (Å²) in [5.74, 6) is 1.47. The highest BCUT2D eigenvalue weighted by Gasteiger charge is 2.20. The Labute approximate surface area is 101 Å². The molecule has 1 amide bonds. The van der Waals surface area contributed by atoms with Crippen LogP contribution in [0, 0.1) is 0 Å². The molecule has 1 aliphatic heterocycles. The predicted octanol–water partition coefficient (Wildman–Crippen LogP) is 0.995. The fraction of sp³-hybridized carbons (Fsp3) is 0.667. The summed E-state index contributed by atoms with van der Waals surface area (Å²) in [4.78, 5) is 15.9. The molecule has 1 fully saturated rings. The largest absolute Gasteiger partial charge is 0.444 e. The highest BCUT2D eigenvalue weighted by Crippen LogP contribution is 2.08. The lowest BCUT2D eigenvalue weighted by atomic mass is 10.0. The van der Waals surface area contributed by atoms with Crippen LogP contribution in [0.25, 0.3) is 0 Å². The topological polar surface area (TPSA) is 67.2 Å². The first-order chi connectivity index (χ1) is 8.29. The lowest BCUT2D eigenvalue weighted by Crippen LogP contribution is -2.46. The number of nitrogens with zero attached hydrogens (tertiary/aromatic N) is 1. The van der Waals surface area contributed by atoms with E-state index in [9.17, 15) is 4.79 Å². The van der Waals surface area contributed by atoms with Gasteiger partial charge in [-0.2, -0.15) is 0 Å². The molecule has 1 atom stereocenters. The number of hydrogen-bond acceptors (Lipinski definition) is 4. The van der Waals surface area contributed by atoms with Gasteiger partial charge in [0.05, 0.1) is 18.8 Å². The molecule has 1 saturated heterocycles. The number of aromatic nitrogens is 1. The van der Waals surface area contributed by atoms with Crippen LogP contribution in [-0.2, 0) is 17.8 Å².